The Morgan fingerprint density at radius 2 is 1.47 bits per heavy atom. The van der Waals surface area contributed by atoms with Crippen LogP contribution in [0.2, 0.25) is 0 Å². The third kappa shape index (κ3) is 7.56. The zero-order valence-corrected chi connectivity index (χ0v) is 19.2. The van der Waals surface area contributed by atoms with Crippen molar-refractivity contribution in [2.24, 2.45) is 0 Å². The molecule has 0 radical (unpaired) electrons. The van der Waals surface area contributed by atoms with E-state index >= 15 is 0 Å². The second-order valence-corrected chi connectivity index (χ2v) is 13.2. The van der Waals surface area contributed by atoms with Crippen LogP contribution < -0.4 is 0 Å². The second kappa shape index (κ2) is 10.0. The van der Waals surface area contributed by atoms with Crippen LogP contribution in [0.5, 0.6) is 0 Å². The molecule has 0 saturated carbocycles. The topological polar surface area (TPSA) is 86.7 Å². The van der Waals surface area contributed by atoms with E-state index in [-0.39, 0.29) is 16.4 Å². The Morgan fingerprint density at radius 3 is 1.90 bits per heavy atom. The van der Waals surface area contributed by atoms with Gasteiger partial charge in [0, 0.05) is 0 Å². The van der Waals surface area contributed by atoms with Crippen LogP contribution in [0.15, 0.2) is 34.1 Å². The van der Waals surface area contributed by atoms with Gasteiger partial charge >= 0.3 is 178 Å². The monoisotopic (exact) mass is 598 g/mol. The Balaban J connectivity index is 3.49. The summed E-state index contributed by atoms with van der Waals surface area (Å²) in [6, 6.07) is 5.35. The molecular weight excluding hydrogens is 581 g/mol. The van der Waals surface area contributed by atoms with E-state index in [0.717, 1.165) is 0 Å². The van der Waals surface area contributed by atoms with Gasteiger partial charge in [0.05, 0.1) is 0 Å². The fraction of sp³-hybridized carbons (Fsp3) is 0.467. The molecule has 0 aromatic heterocycles. The van der Waals surface area contributed by atoms with E-state index in [1.807, 2.05) is 0 Å². The quantitative estimate of drug-likeness (QED) is 0.125. The van der Waals surface area contributed by atoms with Crippen molar-refractivity contribution in [2.75, 3.05) is 0 Å². The number of aryl methyl sites for hydroxylation is 1. The SMILES string of the molecule is CCCC/C(=C\I(OS(=O)(=O)C(F)(F)F)c1ccc(C)cc1)OS(=O)(=O)C(F)(F)F. The summed E-state index contributed by atoms with van der Waals surface area (Å²) in [4.78, 5) is 0. The van der Waals surface area contributed by atoms with Crippen molar-refractivity contribution in [1.29, 1.82) is 0 Å². The molecule has 15 heteroatoms. The molecule has 1 aromatic rings. The molecule has 1 rings (SSSR count). The van der Waals surface area contributed by atoms with Gasteiger partial charge in [0.1, 0.15) is 0 Å². The summed E-state index contributed by atoms with van der Waals surface area (Å²) in [5.41, 5.74) is -10.9. The van der Waals surface area contributed by atoms with Gasteiger partial charge in [-0.05, 0) is 0 Å². The van der Waals surface area contributed by atoms with Crippen molar-refractivity contribution >= 4 is 40.5 Å². The third-order valence-electron chi connectivity index (χ3n) is 3.16. The second-order valence-electron chi connectivity index (χ2n) is 5.70. The molecule has 0 atom stereocenters. The minimum absolute atomic E-state index is 0.0281. The number of hydrogen-bond acceptors (Lipinski definition) is 6. The summed E-state index contributed by atoms with van der Waals surface area (Å²) >= 11 is -4.03. The molecule has 0 aliphatic carbocycles. The summed E-state index contributed by atoms with van der Waals surface area (Å²) in [6.45, 7) is 3.26. The Bertz CT molecular complexity index is 953. The summed E-state index contributed by atoms with van der Waals surface area (Å²) in [7, 11) is -12.2. The summed E-state index contributed by atoms with van der Waals surface area (Å²) in [5, 5.41) is 0. The van der Waals surface area contributed by atoms with Crippen LogP contribution in [0.4, 0.5) is 26.3 Å². The van der Waals surface area contributed by atoms with Gasteiger partial charge in [-0.3, -0.25) is 0 Å². The molecule has 0 amide bonds. The maximum atomic E-state index is 12.8. The summed E-state index contributed by atoms with van der Waals surface area (Å²) < 4.78 is 131. The van der Waals surface area contributed by atoms with Gasteiger partial charge < -0.3 is 0 Å². The van der Waals surface area contributed by atoms with Crippen molar-refractivity contribution in [3.63, 3.8) is 0 Å². The molecule has 6 nitrogen and oxygen atoms in total. The number of hydrogen-bond donors (Lipinski definition) is 0. The number of unbranched alkanes of at least 4 members (excludes halogenated alkanes) is 1. The van der Waals surface area contributed by atoms with Gasteiger partial charge in [-0.25, -0.2) is 0 Å². The molecule has 0 saturated heterocycles. The molecule has 0 bridgehead atoms. The molecule has 0 fully saturated rings. The van der Waals surface area contributed by atoms with Crippen molar-refractivity contribution in [3.05, 3.63) is 43.2 Å². The molecule has 0 spiro atoms. The first-order valence-electron chi connectivity index (χ1n) is 7.98. The van der Waals surface area contributed by atoms with Gasteiger partial charge in [-0.15, -0.1) is 0 Å². The average Bonchev–Trinajstić information content (AvgIpc) is 2.57. The van der Waals surface area contributed by atoms with E-state index < -0.39 is 57.2 Å². The summed E-state index contributed by atoms with van der Waals surface area (Å²) in [5.74, 6) is -0.836. The number of rotatable bonds is 9. The van der Waals surface area contributed by atoms with Crippen LogP contribution >= 0.6 is 20.2 Å². The predicted molar refractivity (Wildman–Crippen MR) is 104 cm³/mol. The van der Waals surface area contributed by atoms with Gasteiger partial charge in [0.25, 0.3) is 0 Å². The first-order chi connectivity index (χ1) is 13.5. The van der Waals surface area contributed by atoms with E-state index in [9.17, 15) is 43.2 Å². The van der Waals surface area contributed by atoms with Crippen LogP contribution in [0.1, 0.15) is 31.7 Å². The van der Waals surface area contributed by atoms with Crippen LogP contribution in [0.25, 0.3) is 0 Å². The molecule has 0 heterocycles. The van der Waals surface area contributed by atoms with E-state index in [1.54, 1.807) is 13.8 Å². The van der Waals surface area contributed by atoms with E-state index in [1.165, 1.54) is 24.3 Å². The minimum atomic E-state index is -6.10. The van der Waals surface area contributed by atoms with E-state index in [4.69, 9.17) is 0 Å². The first kappa shape index (κ1) is 27.0. The zero-order valence-electron chi connectivity index (χ0n) is 15.4. The third-order valence-corrected chi connectivity index (χ3v) is 10.8. The summed E-state index contributed by atoms with van der Waals surface area (Å²) in [6.07, 6.45) is 0.122. The zero-order chi connectivity index (χ0) is 23.4. The van der Waals surface area contributed by atoms with Crippen molar-refractivity contribution < 1.29 is 49.9 Å². The molecule has 0 unspecified atom stereocenters. The molecule has 30 heavy (non-hydrogen) atoms. The van der Waals surface area contributed by atoms with Crippen LogP contribution in [0, 0.1) is 10.5 Å². The number of allylic oxidation sites excluding steroid dienone is 1. The van der Waals surface area contributed by atoms with Crippen LogP contribution in [-0.4, -0.2) is 27.9 Å². The van der Waals surface area contributed by atoms with Gasteiger partial charge in [-0.2, -0.15) is 0 Å². The first-order valence-corrected chi connectivity index (χ1v) is 14.0. The molecule has 0 aliphatic rings. The average molecular weight is 598 g/mol. The molecule has 0 aliphatic heterocycles. The Labute approximate surface area is 177 Å². The maximum absolute atomic E-state index is 12.8. The Morgan fingerprint density at radius 1 is 0.967 bits per heavy atom. The number of halogens is 7. The van der Waals surface area contributed by atoms with Crippen LogP contribution in [0.3, 0.4) is 0 Å². The molecule has 1 aromatic carbocycles. The fourth-order valence-corrected chi connectivity index (χ4v) is 8.28. The predicted octanol–water partition coefficient (Wildman–Crippen LogP) is 5.35. The van der Waals surface area contributed by atoms with Gasteiger partial charge in [0.15, 0.2) is 0 Å². The Kier molecular flexibility index (Phi) is 9.02. The normalized spacial score (nSPS) is 14.5. The van der Waals surface area contributed by atoms with E-state index in [2.05, 4.69) is 6.70 Å². The molecular formula is C15H17F6IO6S2. The van der Waals surface area contributed by atoms with Crippen molar-refractivity contribution in [1.82, 2.24) is 0 Å². The fourth-order valence-electron chi connectivity index (χ4n) is 1.66. The molecule has 0 N–H and O–H groups in total. The van der Waals surface area contributed by atoms with Crippen LogP contribution in [-0.2, 0) is 26.9 Å². The number of alkyl halides is 6. The Hall–Kier alpha value is -1.07. The number of benzene rings is 1. The van der Waals surface area contributed by atoms with Crippen molar-refractivity contribution in [3.8, 4) is 0 Å². The van der Waals surface area contributed by atoms with Gasteiger partial charge in [-0.1, -0.05) is 0 Å². The standard InChI is InChI=1S/C15H17F6IO6S2/c1-3-4-5-13(27-29(23,24)14(16,17)18)10-22(12-8-6-11(2)7-9-12)28-30(25,26)15(19,20)21/h6-10H,3-5H2,1-2H3/b13-10+. The van der Waals surface area contributed by atoms with Gasteiger partial charge in [0.2, 0.25) is 0 Å². The van der Waals surface area contributed by atoms with E-state index in [0.29, 0.717) is 16.1 Å². The van der Waals surface area contributed by atoms with Crippen molar-refractivity contribution in [2.45, 2.75) is 44.1 Å². The molecule has 174 valence electrons.